The van der Waals surface area contributed by atoms with E-state index in [1.165, 1.54) is 28.8 Å². The number of thioether (sulfide) groups is 1. The Bertz CT molecular complexity index is 1320. The van der Waals surface area contributed by atoms with Crippen molar-refractivity contribution in [2.24, 2.45) is 0 Å². The number of benzene rings is 2. The van der Waals surface area contributed by atoms with Crippen molar-refractivity contribution in [3.8, 4) is 5.75 Å². The predicted octanol–water partition coefficient (Wildman–Crippen LogP) is 4.19. The Balaban J connectivity index is 1.81. The maximum Gasteiger partial charge on any atom is 0.573 e. The number of anilines is 1. The van der Waals surface area contributed by atoms with Crippen molar-refractivity contribution in [1.82, 2.24) is 15.5 Å². The van der Waals surface area contributed by atoms with E-state index in [2.05, 4.69) is 15.4 Å². The van der Waals surface area contributed by atoms with Gasteiger partial charge < -0.3 is 26.0 Å². The minimum absolute atomic E-state index is 0.0686. The number of nitrogens with one attached hydrogen (secondary N) is 2. The van der Waals surface area contributed by atoms with E-state index in [9.17, 15) is 31.2 Å². The molecule has 0 saturated heterocycles. The number of nitrogen functional groups attached to an aromatic ring is 1. The number of ether oxygens (including phenoxy) is 1. The molecule has 1 fully saturated rings. The largest absolute Gasteiger partial charge is 0.573 e. The number of carbonyl (C=O) groups is 2. The fraction of sp³-hybridized carbons (Fsp3) is 0.481. The van der Waals surface area contributed by atoms with Gasteiger partial charge in [0.15, 0.2) is 9.84 Å². The van der Waals surface area contributed by atoms with Gasteiger partial charge in [0.2, 0.25) is 5.91 Å². The maximum atomic E-state index is 13.5. The van der Waals surface area contributed by atoms with E-state index in [0.29, 0.717) is 12.8 Å². The van der Waals surface area contributed by atoms with Crippen LogP contribution in [0.15, 0.2) is 52.3 Å². The molecule has 41 heavy (non-hydrogen) atoms. The number of nitrogens with two attached hydrogens (primary N) is 1. The van der Waals surface area contributed by atoms with Crippen molar-refractivity contribution in [1.29, 1.82) is 0 Å². The molecule has 4 N–H and O–H groups in total. The van der Waals surface area contributed by atoms with Crippen molar-refractivity contribution in [3.05, 3.63) is 48.0 Å². The van der Waals surface area contributed by atoms with Crippen LogP contribution in [0.3, 0.4) is 0 Å². The van der Waals surface area contributed by atoms with E-state index >= 15 is 0 Å². The van der Waals surface area contributed by atoms with Crippen LogP contribution in [0.4, 0.5) is 18.9 Å². The smallest absolute Gasteiger partial charge is 0.406 e. The molecule has 0 aromatic heterocycles. The number of amides is 2. The zero-order valence-corrected chi connectivity index (χ0v) is 24.7. The molecule has 3 rings (SSSR count). The molecule has 0 heterocycles. The highest BCUT2D eigenvalue weighted by molar-refractivity contribution is 7.98. The van der Waals surface area contributed by atoms with E-state index in [1.807, 2.05) is 20.1 Å². The van der Waals surface area contributed by atoms with Gasteiger partial charge in [-0.2, -0.15) is 0 Å². The van der Waals surface area contributed by atoms with Crippen molar-refractivity contribution < 1.29 is 35.9 Å². The lowest BCUT2D eigenvalue weighted by Gasteiger charge is -2.38. The first kappa shape index (κ1) is 32.5. The Morgan fingerprint density at radius 1 is 1.15 bits per heavy atom. The minimum atomic E-state index is -4.97. The standard InChI is InChI=1S/C27H35F3N4O5S2/c1-17(2)33-18-5-4-6-19(13-18)34(16-41(37,38)22-10-8-21(40-3)9-11-22)25(35)15-32-26(36)23-14-20(7-12-24(23)31)39-27(28,29)30/h7-12,14,17-19,33H,4-6,13,15-16,31H2,1-3H3,(H,32,36). The molecule has 2 aromatic rings. The van der Waals surface area contributed by atoms with Crippen LogP contribution in [-0.2, 0) is 14.6 Å². The molecule has 0 aliphatic heterocycles. The molecular formula is C27H35F3N4O5S2. The Morgan fingerprint density at radius 2 is 1.83 bits per heavy atom. The topological polar surface area (TPSA) is 131 Å². The van der Waals surface area contributed by atoms with Gasteiger partial charge in [0.1, 0.15) is 11.6 Å². The molecule has 1 aliphatic rings. The van der Waals surface area contributed by atoms with Crippen LogP contribution in [-0.4, -0.2) is 68.3 Å². The van der Waals surface area contributed by atoms with E-state index < -0.39 is 52.2 Å². The molecule has 0 spiro atoms. The molecule has 2 unspecified atom stereocenters. The van der Waals surface area contributed by atoms with E-state index in [1.54, 1.807) is 12.1 Å². The molecule has 9 nitrogen and oxygen atoms in total. The van der Waals surface area contributed by atoms with Crippen LogP contribution in [0.1, 0.15) is 49.9 Å². The third-order valence-electron chi connectivity index (χ3n) is 6.61. The Kier molecular flexibility index (Phi) is 11.0. The number of sulfone groups is 1. The highest BCUT2D eigenvalue weighted by Crippen LogP contribution is 2.28. The highest BCUT2D eigenvalue weighted by Gasteiger charge is 2.34. The zero-order chi connectivity index (χ0) is 30.4. The second-order valence-corrected chi connectivity index (χ2v) is 12.9. The zero-order valence-electron chi connectivity index (χ0n) is 23.0. The van der Waals surface area contributed by atoms with Gasteiger partial charge in [0.05, 0.1) is 17.0 Å². The van der Waals surface area contributed by atoms with Crippen molar-refractivity contribution in [2.75, 3.05) is 24.4 Å². The lowest BCUT2D eigenvalue weighted by atomic mass is 9.89. The number of carbonyl (C=O) groups excluding carboxylic acids is 2. The van der Waals surface area contributed by atoms with Crippen LogP contribution in [0.5, 0.6) is 5.75 Å². The summed E-state index contributed by atoms with van der Waals surface area (Å²) in [5.41, 5.74) is 5.35. The fourth-order valence-electron chi connectivity index (χ4n) is 4.77. The third-order valence-corrected chi connectivity index (χ3v) is 8.96. The Labute approximate surface area is 242 Å². The van der Waals surface area contributed by atoms with Crippen LogP contribution < -0.4 is 21.1 Å². The Morgan fingerprint density at radius 3 is 2.44 bits per heavy atom. The maximum absolute atomic E-state index is 13.5. The summed E-state index contributed by atoms with van der Waals surface area (Å²) in [6.07, 6.45) is -0.328. The molecule has 2 aromatic carbocycles. The number of nitrogens with zero attached hydrogens (tertiary/aromatic N) is 1. The van der Waals surface area contributed by atoms with Gasteiger partial charge in [-0.15, -0.1) is 24.9 Å². The van der Waals surface area contributed by atoms with Crippen molar-refractivity contribution in [2.45, 2.75) is 73.8 Å². The molecular weight excluding hydrogens is 581 g/mol. The van der Waals surface area contributed by atoms with Crippen LogP contribution >= 0.6 is 11.8 Å². The van der Waals surface area contributed by atoms with Crippen LogP contribution in [0.2, 0.25) is 0 Å². The van der Waals surface area contributed by atoms with Crippen molar-refractivity contribution >= 4 is 39.1 Å². The number of halogens is 3. The fourth-order valence-corrected chi connectivity index (χ4v) is 6.60. The van der Waals surface area contributed by atoms with Gasteiger partial charge in [-0.1, -0.05) is 13.8 Å². The van der Waals surface area contributed by atoms with Gasteiger partial charge in [0, 0.05) is 28.7 Å². The first-order chi connectivity index (χ1) is 19.2. The predicted molar refractivity (Wildman–Crippen MR) is 151 cm³/mol. The highest BCUT2D eigenvalue weighted by atomic mass is 32.2. The number of hydrogen-bond donors (Lipinski definition) is 3. The molecule has 0 bridgehead atoms. The monoisotopic (exact) mass is 616 g/mol. The summed E-state index contributed by atoms with van der Waals surface area (Å²) < 4.78 is 68.5. The summed E-state index contributed by atoms with van der Waals surface area (Å²) in [6.45, 7) is 3.43. The van der Waals surface area contributed by atoms with Crippen LogP contribution in [0.25, 0.3) is 0 Å². The summed E-state index contributed by atoms with van der Waals surface area (Å²) in [6, 6.07) is 9.12. The summed E-state index contributed by atoms with van der Waals surface area (Å²) in [5.74, 6) is -2.77. The first-order valence-electron chi connectivity index (χ1n) is 13.0. The number of alkyl halides is 3. The first-order valence-corrected chi connectivity index (χ1v) is 15.9. The SMILES string of the molecule is CSc1ccc(S(=O)(=O)CN(C(=O)CNC(=O)c2cc(OC(F)(F)F)ccc2N)C2CCCC(NC(C)C)C2)cc1. The van der Waals surface area contributed by atoms with E-state index in [-0.39, 0.29) is 28.2 Å². The summed E-state index contributed by atoms with van der Waals surface area (Å²) >= 11 is 1.47. The second kappa shape index (κ2) is 13.8. The molecule has 2 amide bonds. The quantitative estimate of drug-likeness (QED) is 0.253. The van der Waals surface area contributed by atoms with Gasteiger partial charge in [-0.3, -0.25) is 9.59 Å². The van der Waals surface area contributed by atoms with Gasteiger partial charge >= 0.3 is 6.36 Å². The molecule has 1 saturated carbocycles. The summed E-state index contributed by atoms with van der Waals surface area (Å²) in [4.78, 5) is 28.5. The normalized spacial score (nSPS) is 17.7. The van der Waals surface area contributed by atoms with Gasteiger partial charge in [-0.05, 0) is 74.4 Å². The average Bonchev–Trinajstić information content (AvgIpc) is 2.90. The Hall–Kier alpha value is -2.97. The second-order valence-electron chi connectivity index (χ2n) is 10.1. The van der Waals surface area contributed by atoms with Gasteiger partial charge in [0.25, 0.3) is 5.91 Å². The number of rotatable bonds is 11. The van der Waals surface area contributed by atoms with Gasteiger partial charge in [-0.25, -0.2) is 8.42 Å². The molecule has 226 valence electrons. The molecule has 2 atom stereocenters. The molecule has 14 heteroatoms. The van der Waals surface area contributed by atoms with E-state index in [4.69, 9.17) is 5.73 Å². The van der Waals surface area contributed by atoms with E-state index in [0.717, 1.165) is 35.9 Å². The lowest BCUT2D eigenvalue weighted by molar-refractivity contribution is -0.274. The summed E-state index contributed by atoms with van der Waals surface area (Å²) in [5, 5.41) is 5.82. The summed E-state index contributed by atoms with van der Waals surface area (Å²) in [7, 11) is -3.92. The molecule has 1 aliphatic carbocycles. The van der Waals surface area contributed by atoms with Crippen LogP contribution in [0, 0.1) is 0 Å². The third kappa shape index (κ3) is 9.54. The molecule has 0 radical (unpaired) electrons. The van der Waals surface area contributed by atoms with Crippen molar-refractivity contribution in [3.63, 3.8) is 0 Å². The minimum Gasteiger partial charge on any atom is -0.406 e. The number of hydrogen-bond acceptors (Lipinski definition) is 8. The average molecular weight is 617 g/mol. The lowest BCUT2D eigenvalue weighted by Crippen LogP contribution is -2.52.